The minimum absolute atomic E-state index is 0.527. The van der Waals surface area contributed by atoms with Crippen LogP contribution >= 0.6 is 0 Å². The average molecular weight is 261 g/mol. The molecule has 2 unspecified atom stereocenters. The number of rotatable bonds is 2. The Hall–Kier alpha value is -1.55. The first-order valence-electron chi connectivity index (χ1n) is 6.85. The number of allylic oxidation sites excluding steroid dienone is 1. The fourth-order valence-electron chi connectivity index (χ4n) is 3.17. The lowest BCUT2D eigenvalue weighted by Crippen LogP contribution is -2.38. The van der Waals surface area contributed by atoms with E-state index >= 15 is 0 Å². The van der Waals surface area contributed by atoms with E-state index < -0.39 is 0 Å². The summed E-state index contributed by atoms with van der Waals surface area (Å²) < 4.78 is 12.5. The molecule has 0 bridgehead atoms. The lowest BCUT2D eigenvalue weighted by Gasteiger charge is -2.26. The van der Waals surface area contributed by atoms with Gasteiger partial charge in [0, 0.05) is 35.6 Å². The van der Waals surface area contributed by atoms with Crippen LogP contribution in [-0.2, 0) is 0 Å². The topological polar surface area (TPSA) is 36.1 Å². The van der Waals surface area contributed by atoms with Crippen LogP contribution in [0.5, 0.6) is 0 Å². The molecule has 3 nitrogen and oxygen atoms in total. The minimum Gasteiger partial charge on any atom is -0.381 e. The van der Waals surface area contributed by atoms with Gasteiger partial charge in [-0.05, 0) is 50.1 Å². The molecule has 4 heteroatoms. The zero-order valence-corrected chi connectivity index (χ0v) is 11.4. The van der Waals surface area contributed by atoms with Crippen molar-refractivity contribution in [3.8, 4) is 0 Å². The highest BCUT2D eigenvalue weighted by Gasteiger charge is 2.34. The molecule has 3 N–H and O–H groups in total. The van der Waals surface area contributed by atoms with Gasteiger partial charge in [0.15, 0.2) is 0 Å². The molecule has 2 aliphatic rings. The van der Waals surface area contributed by atoms with Crippen molar-refractivity contribution in [3.05, 3.63) is 35.3 Å². The van der Waals surface area contributed by atoms with Crippen molar-refractivity contribution in [2.24, 2.45) is 0 Å². The largest absolute Gasteiger partial charge is 0.381 e. The summed E-state index contributed by atoms with van der Waals surface area (Å²) in [5.74, 6) is 0.527. The molecule has 1 aromatic rings. The monoisotopic (exact) mass is 261 g/mol. The second-order valence-electron chi connectivity index (χ2n) is 5.52. The van der Waals surface area contributed by atoms with Crippen LogP contribution in [0.1, 0.15) is 30.4 Å². The number of benzene rings is 1. The van der Waals surface area contributed by atoms with Crippen molar-refractivity contribution in [3.63, 3.8) is 0 Å². The van der Waals surface area contributed by atoms with Crippen LogP contribution in [-0.4, -0.2) is 19.1 Å². The van der Waals surface area contributed by atoms with Gasteiger partial charge in [0.25, 0.3) is 0 Å². The van der Waals surface area contributed by atoms with Gasteiger partial charge >= 0.3 is 0 Å². The molecule has 2 atom stereocenters. The molecule has 19 heavy (non-hydrogen) atoms. The number of nitrogens with one attached hydrogen (secondary N) is 3. The van der Waals surface area contributed by atoms with Crippen LogP contribution < -0.4 is 16.0 Å². The minimum atomic E-state index is 0.527. The highest BCUT2D eigenvalue weighted by Crippen LogP contribution is 2.41. The Morgan fingerprint density at radius 1 is 1.47 bits per heavy atom. The van der Waals surface area contributed by atoms with Gasteiger partial charge in [0.2, 0.25) is 0 Å². The SMILES string of the molecule is C/C(=C/F)Nc1cc(C)c2c(c1)C1CNCCC1N2. The van der Waals surface area contributed by atoms with Gasteiger partial charge in [-0.3, -0.25) is 0 Å². The van der Waals surface area contributed by atoms with E-state index in [4.69, 9.17) is 0 Å². The van der Waals surface area contributed by atoms with E-state index in [9.17, 15) is 4.39 Å². The smallest absolute Gasteiger partial charge is 0.106 e. The number of fused-ring (bicyclic) bond motifs is 3. The summed E-state index contributed by atoms with van der Waals surface area (Å²) in [6.07, 6.45) is 1.76. The van der Waals surface area contributed by atoms with Crippen LogP contribution in [0.15, 0.2) is 24.2 Å². The number of hydrogen-bond donors (Lipinski definition) is 3. The zero-order valence-electron chi connectivity index (χ0n) is 11.4. The molecule has 2 aliphatic heterocycles. The molecule has 0 saturated carbocycles. The van der Waals surface area contributed by atoms with Crippen LogP contribution in [0.4, 0.5) is 15.8 Å². The molecule has 0 amide bonds. The summed E-state index contributed by atoms with van der Waals surface area (Å²) in [4.78, 5) is 0. The maximum Gasteiger partial charge on any atom is 0.106 e. The molecule has 3 rings (SSSR count). The third-order valence-electron chi connectivity index (χ3n) is 4.08. The Labute approximate surface area is 113 Å². The summed E-state index contributed by atoms with van der Waals surface area (Å²) in [5.41, 5.74) is 5.35. The first-order valence-corrected chi connectivity index (χ1v) is 6.85. The predicted octanol–water partition coefficient (Wildman–Crippen LogP) is 3.11. The van der Waals surface area contributed by atoms with E-state index in [0.717, 1.165) is 25.2 Å². The third-order valence-corrected chi connectivity index (χ3v) is 4.08. The average Bonchev–Trinajstić information content (AvgIpc) is 2.78. The van der Waals surface area contributed by atoms with Crippen molar-refractivity contribution >= 4 is 11.4 Å². The van der Waals surface area contributed by atoms with Gasteiger partial charge < -0.3 is 16.0 Å². The fraction of sp³-hybridized carbons (Fsp3) is 0.467. The number of aryl methyl sites for hydroxylation is 1. The van der Waals surface area contributed by atoms with Crippen molar-refractivity contribution in [2.75, 3.05) is 23.7 Å². The summed E-state index contributed by atoms with van der Waals surface area (Å²) in [6.45, 7) is 5.93. The summed E-state index contributed by atoms with van der Waals surface area (Å²) in [5, 5.41) is 10.2. The molecule has 2 heterocycles. The Bertz CT molecular complexity index is 524. The Kier molecular flexibility index (Phi) is 3.19. The normalized spacial score (nSPS) is 25.5. The Morgan fingerprint density at radius 2 is 2.32 bits per heavy atom. The second-order valence-corrected chi connectivity index (χ2v) is 5.52. The number of anilines is 2. The van der Waals surface area contributed by atoms with Gasteiger partial charge in [0.05, 0.1) is 0 Å². The molecule has 1 fully saturated rings. The van der Waals surface area contributed by atoms with E-state index in [-0.39, 0.29) is 0 Å². The Balaban J connectivity index is 1.95. The van der Waals surface area contributed by atoms with E-state index in [1.165, 1.54) is 16.8 Å². The summed E-state index contributed by atoms with van der Waals surface area (Å²) >= 11 is 0. The van der Waals surface area contributed by atoms with Crippen LogP contribution in [0.2, 0.25) is 0 Å². The van der Waals surface area contributed by atoms with E-state index in [1.54, 1.807) is 6.92 Å². The molecule has 0 radical (unpaired) electrons. The van der Waals surface area contributed by atoms with Crippen molar-refractivity contribution < 1.29 is 4.39 Å². The fourth-order valence-corrected chi connectivity index (χ4v) is 3.17. The molecular weight excluding hydrogens is 241 g/mol. The van der Waals surface area contributed by atoms with Gasteiger partial charge in [-0.25, -0.2) is 4.39 Å². The molecule has 0 spiro atoms. The highest BCUT2D eigenvalue weighted by molar-refractivity contribution is 5.70. The van der Waals surface area contributed by atoms with Crippen LogP contribution in [0.3, 0.4) is 0 Å². The van der Waals surface area contributed by atoms with Gasteiger partial charge in [-0.15, -0.1) is 0 Å². The van der Waals surface area contributed by atoms with Crippen molar-refractivity contribution in [1.82, 2.24) is 5.32 Å². The number of hydrogen-bond acceptors (Lipinski definition) is 3. The second kappa shape index (κ2) is 4.85. The van der Waals surface area contributed by atoms with Crippen LogP contribution in [0, 0.1) is 6.92 Å². The van der Waals surface area contributed by atoms with Crippen molar-refractivity contribution in [2.45, 2.75) is 32.2 Å². The Morgan fingerprint density at radius 3 is 3.11 bits per heavy atom. The predicted molar refractivity (Wildman–Crippen MR) is 77.3 cm³/mol. The van der Waals surface area contributed by atoms with Crippen LogP contribution in [0.25, 0.3) is 0 Å². The summed E-state index contributed by atoms with van der Waals surface area (Å²) in [7, 11) is 0. The zero-order chi connectivity index (χ0) is 13.4. The first kappa shape index (κ1) is 12.5. The molecule has 1 aromatic carbocycles. The quantitative estimate of drug-likeness (QED) is 0.765. The van der Waals surface area contributed by atoms with Gasteiger partial charge in [-0.2, -0.15) is 0 Å². The third kappa shape index (κ3) is 2.21. The van der Waals surface area contributed by atoms with E-state index in [1.807, 2.05) is 0 Å². The molecule has 0 aliphatic carbocycles. The lowest BCUT2D eigenvalue weighted by molar-refractivity contribution is 0.440. The lowest BCUT2D eigenvalue weighted by atomic mass is 9.89. The molecule has 1 saturated heterocycles. The number of piperidine rings is 1. The number of halogens is 1. The molecule has 0 aromatic heterocycles. The molecule has 102 valence electrons. The standard InChI is InChI=1S/C15H20FN3/c1-9-5-11(18-10(2)7-16)6-12-13-8-17-4-3-14(13)19-15(9)12/h5-7,13-14,17-19H,3-4,8H2,1-2H3/b10-7-. The van der Waals surface area contributed by atoms with Gasteiger partial charge in [-0.1, -0.05) is 0 Å². The highest BCUT2D eigenvalue weighted by atomic mass is 19.1. The van der Waals surface area contributed by atoms with Gasteiger partial charge in [0.1, 0.15) is 6.33 Å². The van der Waals surface area contributed by atoms with E-state index in [2.05, 4.69) is 35.0 Å². The van der Waals surface area contributed by atoms with E-state index in [0.29, 0.717) is 24.0 Å². The molecular formula is C15H20FN3. The summed E-state index contributed by atoms with van der Waals surface area (Å²) in [6, 6.07) is 4.77. The first-order chi connectivity index (χ1) is 9.19. The maximum absolute atomic E-state index is 12.5. The van der Waals surface area contributed by atoms with Crippen molar-refractivity contribution in [1.29, 1.82) is 0 Å². The maximum atomic E-state index is 12.5.